The van der Waals surface area contributed by atoms with E-state index < -0.39 is 24.5 Å². The molecule has 0 unspecified atom stereocenters. The molecule has 3 amide bonds. The molecule has 2 N–H and O–H groups in total. The van der Waals surface area contributed by atoms with Gasteiger partial charge in [-0.15, -0.1) is 11.3 Å². The number of hydrogen-bond donors (Lipinski definition) is 2. The summed E-state index contributed by atoms with van der Waals surface area (Å²) in [4.78, 5) is 36.8. The second-order valence-corrected chi connectivity index (χ2v) is 8.35. The number of rotatable bonds is 6. The molecule has 3 rings (SSSR count). The first kappa shape index (κ1) is 21.8. The van der Waals surface area contributed by atoms with E-state index in [1.165, 1.54) is 11.3 Å². The summed E-state index contributed by atoms with van der Waals surface area (Å²) in [5.74, 6) is -1.34. The predicted octanol–water partition coefficient (Wildman–Crippen LogP) is 3.50. The zero-order valence-corrected chi connectivity index (χ0v) is 18.3. The van der Waals surface area contributed by atoms with Crippen molar-refractivity contribution in [1.82, 2.24) is 20.4 Å². The number of halogens is 1. The molecular weight excluding hydrogens is 428 g/mol. The largest absolute Gasteiger partial charge is 0.451 e. The molecule has 0 spiro atoms. The number of carbonyl (C=O) groups excluding carboxylic acids is 3. The van der Waals surface area contributed by atoms with Gasteiger partial charge in [-0.1, -0.05) is 29.8 Å². The van der Waals surface area contributed by atoms with Crippen LogP contribution in [0, 0.1) is 6.92 Å². The Labute approximate surface area is 182 Å². The van der Waals surface area contributed by atoms with Crippen molar-refractivity contribution in [2.75, 3.05) is 6.61 Å². The number of ether oxygens (including phenoxy) is 1. The molecule has 3 aromatic rings. The third-order valence-corrected chi connectivity index (χ3v) is 5.59. The van der Waals surface area contributed by atoms with Gasteiger partial charge in [0.25, 0.3) is 5.91 Å². The highest BCUT2D eigenvalue weighted by Crippen LogP contribution is 2.30. The first-order valence-corrected chi connectivity index (χ1v) is 10.4. The fraction of sp³-hybridized carbons (Fsp3) is 0.300. The Morgan fingerprint density at radius 1 is 1.27 bits per heavy atom. The highest BCUT2D eigenvalue weighted by molar-refractivity contribution is 7.20. The number of nitrogens with one attached hydrogen (secondary N) is 2. The zero-order valence-electron chi connectivity index (χ0n) is 16.7. The van der Waals surface area contributed by atoms with Gasteiger partial charge in [0, 0.05) is 16.5 Å². The van der Waals surface area contributed by atoms with Gasteiger partial charge >= 0.3 is 12.0 Å². The Morgan fingerprint density at radius 3 is 2.70 bits per heavy atom. The minimum Gasteiger partial charge on any atom is -0.451 e. The summed E-state index contributed by atoms with van der Waals surface area (Å²) in [6, 6.07) is 8.43. The van der Waals surface area contributed by atoms with Crippen LogP contribution in [-0.2, 0) is 16.1 Å². The molecule has 0 bridgehead atoms. The number of imide groups is 1. The normalized spacial score (nSPS) is 11.0. The van der Waals surface area contributed by atoms with Crippen LogP contribution in [0.3, 0.4) is 0 Å². The number of aryl methyl sites for hydroxylation is 1. The second kappa shape index (κ2) is 9.27. The van der Waals surface area contributed by atoms with Crippen LogP contribution in [0.15, 0.2) is 30.3 Å². The molecular formula is C20H21ClN4O4S. The molecule has 30 heavy (non-hydrogen) atoms. The molecule has 1 aromatic carbocycles. The minimum absolute atomic E-state index is 0.118. The average molecular weight is 449 g/mol. The van der Waals surface area contributed by atoms with Crippen LogP contribution in [0.2, 0.25) is 5.02 Å². The van der Waals surface area contributed by atoms with Crippen molar-refractivity contribution in [3.8, 4) is 0 Å². The van der Waals surface area contributed by atoms with Gasteiger partial charge in [0.2, 0.25) is 0 Å². The van der Waals surface area contributed by atoms with Gasteiger partial charge < -0.3 is 10.1 Å². The monoisotopic (exact) mass is 448 g/mol. The number of benzene rings is 1. The van der Waals surface area contributed by atoms with Crippen LogP contribution in [0.1, 0.15) is 34.8 Å². The van der Waals surface area contributed by atoms with Crippen LogP contribution in [0.4, 0.5) is 4.79 Å². The maximum atomic E-state index is 12.4. The van der Waals surface area contributed by atoms with Crippen molar-refractivity contribution in [2.24, 2.45) is 0 Å². The molecule has 2 heterocycles. The molecule has 0 saturated carbocycles. The van der Waals surface area contributed by atoms with Gasteiger partial charge in [0.1, 0.15) is 9.71 Å². The van der Waals surface area contributed by atoms with E-state index in [9.17, 15) is 14.4 Å². The van der Waals surface area contributed by atoms with E-state index in [0.717, 1.165) is 21.5 Å². The van der Waals surface area contributed by atoms with Crippen molar-refractivity contribution < 1.29 is 19.1 Å². The van der Waals surface area contributed by atoms with Crippen LogP contribution < -0.4 is 10.6 Å². The lowest BCUT2D eigenvalue weighted by Crippen LogP contribution is -2.44. The highest BCUT2D eigenvalue weighted by atomic mass is 35.5. The Kier molecular flexibility index (Phi) is 6.73. The van der Waals surface area contributed by atoms with Crippen LogP contribution in [0.25, 0.3) is 10.2 Å². The van der Waals surface area contributed by atoms with Gasteiger partial charge in [0.05, 0.1) is 12.2 Å². The smallest absolute Gasteiger partial charge is 0.348 e. The SMILES string of the molecule is Cc1nn(Cc2ccccc2Cl)c2sc(C(=O)OCC(=O)NC(=O)NC(C)C)cc12. The summed E-state index contributed by atoms with van der Waals surface area (Å²) >= 11 is 7.47. The maximum Gasteiger partial charge on any atom is 0.348 e. The Bertz CT molecular complexity index is 1110. The fourth-order valence-corrected chi connectivity index (χ4v) is 4.02. The minimum atomic E-state index is -0.705. The molecule has 10 heteroatoms. The van der Waals surface area contributed by atoms with Crippen LogP contribution >= 0.6 is 22.9 Å². The number of amides is 3. The molecule has 0 fully saturated rings. The topological polar surface area (TPSA) is 102 Å². The van der Waals surface area contributed by atoms with E-state index in [0.29, 0.717) is 16.4 Å². The number of carbonyl (C=O) groups is 3. The van der Waals surface area contributed by atoms with E-state index in [1.54, 1.807) is 24.6 Å². The van der Waals surface area contributed by atoms with E-state index in [1.807, 2.05) is 31.2 Å². The van der Waals surface area contributed by atoms with Crippen molar-refractivity contribution in [1.29, 1.82) is 0 Å². The number of nitrogens with zero attached hydrogens (tertiary/aromatic N) is 2. The summed E-state index contributed by atoms with van der Waals surface area (Å²) < 4.78 is 6.83. The Hall–Kier alpha value is -2.91. The van der Waals surface area contributed by atoms with Crippen molar-refractivity contribution in [3.63, 3.8) is 0 Å². The lowest BCUT2D eigenvalue weighted by molar-refractivity contribution is -0.123. The van der Waals surface area contributed by atoms with E-state index in [-0.39, 0.29) is 6.04 Å². The summed E-state index contributed by atoms with van der Waals surface area (Å²) in [5, 5.41) is 10.6. The van der Waals surface area contributed by atoms with Crippen LogP contribution in [0.5, 0.6) is 0 Å². The van der Waals surface area contributed by atoms with Gasteiger partial charge in [0.15, 0.2) is 6.61 Å². The van der Waals surface area contributed by atoms with Crippen molar-refractivity contribution in [3.05, 3.63) is 51.5 Å². The first-order valence-electron chi connectivity index (χ1n) is 9.22. The Morgan fingerprint density at radius 2 is 2.00 bits per heavy atom. The van der Waals surface area contributed by atoms with Crippen molar-refractivity contribution >= 4 is 51.1 Å². The average Bonchev–Trinajstić information content (AvgIpc) is 3.22. The molecule has 0 saturated heterocycles. The lowest BCUT2D eigenvalue weighted by Gasteiger charge is -2.09. The molecule has 0 aliphatic heterocycles. The number of hydrogen-bond acceptors (Lipinski definition) is 6. The van der Waals surface area contributed by atoms with E-state index in [4.69, 9.17) is 16.3 Å². The number of esters is 1. The third-order valence-electron chi connectivity index (χ3n) is 4.09. The maximum absolute atomic E-state index is 12.4. The van der Waals surface area contributed by atoms with Gasteiger partial charge in [-0.3, -0.25) is 14.8 Å². The molecule has 2 aromatic heterocycles. The van der Waals surface area contributed by atoms with Gasteiger partial charge in [-0.25, -0.2) is 9.59 Å². The summed E-state index contributed by atoms with van der Waals surface area (Å²) in [6.45, 7) is 5.30. The fourth-order valence-electron chi connectivity index (χ4n) is 2.77. The lowest BCUT2D eigenvalue weighted by atomic mass is 10.2. The van der Waals surface area contributed by atoms with Gasteiger partial charge in [-0.2, -0.15) is 5.10 Å². The number of thiophene rings is 1. The second-order valence-electron chi connectivity index (χ2n) is 6.92. The summed E-state index contributed by atoms with van der Waals surface area (Å²) in [5.41, 5.74) is 1.69. The molecule has 0 aliphatic rings. The zero-order chi connectivity index (χ0) is 21.8. The summed E-state index contributed by atoms with van der Waals surface area (Å²) in [7, 11) is 0. The standard InChI is InChI=1S/C20H21ClN4O4S/c1-11(2)22-20(28)23-17(26)10-29-19(27)16-8-14-12(3)24-25(18(14)30-16)9-13-6-4-5-7-15(13)21/h4-8,11H,9-10H2,1-3H3,(H2,22,23,26,28). The van der Waals surface area contributed by atoms with Gasteiger partial charge in [-0.05, 0) is 38.5 Å². The quantitative estimate of drug-likeness (QED) is 0.562. The molecule has 158 valence electrons. The third kappa shape index (κ3) is 5.17. The first-order chi connectivity index (χ1) is 14.2. The summed E-state index contributed by atoms with van der Waals surface area (Å²) in [6.07, 6.45) is 0. The molecule has 0 aliphatic carbocycles. The highest BCUT2D eigenvalue weighted by Gasteiger charge is 2.19. The predicted molar refractivity (Wildman–Crippen MR) is 115 cm³/mol. The Balaban J connectivity index is 1.68. The number of urea groups is 1. The molecule has 0 radical (unpaired) electrons. The number of fused-ring (bicyclic) bond motifs is 1. The number of aromatic nitrogens is 2. The molecule has 8 nitrogen and oxygen atoms in total. The van der Waals surface area contributed by atoms with Crippen molar-refractivity contribution in [2.45, 2.75) is 33.4 Å². The van der Waals surface area contributed by atoms with E-state index in [2.05, 4.69) is 15.7 Å². The van der Waals surface area contributed by atoms with E-state index >= 15 is 0 Å². The van der Waals surface area contributed by atoms with Crippen LogP contribution in [-0.4, -0.2) is 40.3 Å². The molecule has 0 atom stereocenters.